The summed E-state index contributed by atoms with van der Waals surface area (Å²) in [7, 11) is 0. The zero-order valence-corrected chi connectivity index (χ0v) is 10.1. The van der Waals surface area contributed by atoms with Gasteiger partial charge in [0.2, 0.25) is 11.8 Å². The quantitative estimate of drug-likeness (QED) is 0.667. The van der Waals surface area contributed by atoms with Crippen LogP contribution in [0.2, 0.25) is 0 Å². The Bertz CT molecular complexity index is 432. The molecule has 0 radical (unpaired) electrons. The number of carbonyl (C=O) groups excluding carboxylic acids is 2. The van der Waals surface area contributed by atoms with E-state index < -0.39 is 0 Å². The van der Waals surface area contributed by atoms with Gasteiger partial charge in [0, 0.05) is 24.7 Å². The lowest BCUT2D eigenvalue weighted by atomic mass is 10.1. The standard InChI is InChI=1S/C13H17N3O2/c14-10-3-1-9(2-4-10)7-13(18)16-11-5-6-12(17)15-8-11/h1-4,11H,5-8,14H2,(H,15,17)(H,16,18). The molecule has 1 heterocycles. The highest BCUT2D eigenvalue weighted by Gasteiger charge is 2.19. The second-order valence-electron chi connectivity index (χ2n) is 4.53. The van der Waals surface area contributed by atoms with Crippen LogP contribution < -0.4 is 16.4 Å². The van der Waals surface area contributed by atoms with Gasteiger partial charge in [0.05, 0.1) is 6.42 Å². The molecule has 2 rings (SSSR count). The number of carbonyl (C=O) groups is 2. The van der Waals surface area contributed by atoms with Crippen molar-refractivity contribution in [3.8, 4) is 0 Å². The number of piperidine rings is 1. The van der Waals surface area contributed by atoms with E-state index in [1.807, 2.05) is 12.1 Å². The Kier molecular flexibility index (Phi) is 3.82. The summed E-state index contributed by atoms with van der Waals surface area (Å²) < 4.78 is 0. The highest BCUT2D eigenvalue weighted by molar-refractivity contribution is 5.80. The van der Waals surface area contributed by atoms with E-state index >= 15 is 0 Å². The second kappa shape index (κ2) is 5.53. The Balaban J connectivity index is 1.81. The van der Waals surface area contributed by atoms with E-state index in [4.69, 9.17) is 5.73 Å². The van der Waals surface area contributed by atoms with Gasteiger partial charge in [0.25, 0.3) is 0 Å². The molecule has 4 N–H and O–H groups in total. The van der Waals surface area contributed by atoms with Crippen molar-refractivity contribution >= 4 is 17.5 Å². The minimum absolute atomic E-state index is 0.0269. The molecule has 1 aliphatic rings. The smallest absolute Gasteiger partial charge is 0.224 e. The minimum Gasteiger partial charge on any atom is -0.399 e. The summed E-state index contributed by atoms with van der Waals surface area (Å²) in [5, 5.41) is 5.66. The summed E-state index contributed by atoms with van der Waals surface area (Å²) in [5.41, 5.74) is 7.20. The summed E-state index contributed by atoms with van der Waals surface area (Å²) in [4.78, 5) is 22.8. The van der Waals surface area contributed by atoms with Crippen LogP contribution in [-0.2, 0) is 16.0 Å². The molecule has 0 bridgehead atoms. The van der Waals surface area contributed by atoms with Crippen molar-refractivity contribution in [2.45, 2.75) is 25.3 Å². The Morgan fingerprint density at radius 2 is 2.11 bits per heavy atom. The van der Waals surface area contributed by atoms with Crippen LogP contribution in [0, 0.1) is 0 Å². The molecular formula is C13H17N3O2. The SMILES string of the molecule is Nc1ccc(CC(=O)NC2CCC(=O)NC2)cc1. The van der Waals surface area contributed by atoms with Crippen molar-refractivity contribution in [3.63, 3.8) is 0 Å². The fourth-order valence-corrected chi connectivity index (χ4v) is 1.96. The summed E-state index contributed by atoms with van der Waals surface area (Å²) in [6.07, 6.45) is 1.52. The van der Waals surface area contributed by atoms with Gasteiger partial charge in [-0.05, 0) is 24.1 Å². The minimum atomic E-state index is -0.0269. The molecule has 2 amide bonds. The van der Waals surface area contributed by atoms with Crippen LogP contribution in [0.4, 0.5) is 5.69 Å². The third-order valence-electron chi connectivity index (χ3n) is 2.98. The molecule has 1 fully saturated rings. The third-order valence-corrected chi connectivity index (χ3v) is 2.98. The number of nitrogens with two attached hydrogens (primary N) is 1. The lowest BCUT2D eigenvalue weighted by Gasteiger charge is -2.23. The van der Waals surface area contributed by atoms with Gasteiger partial charge >= 0.3 is 0 Å². The van der Waals surface area contributed by atoms with E-state index in [1.165, 1.54) is 0 Å². The van der Waals surface area contributed by atoms with Gasteiger partial charge < -0.3 is 16.4 Å². The maximum atomic E-state index is 11.8. The number of anilines is 1. The summed E-state index contributed by atoms with van der Waals surface area (Å²) >= 11 is 0. The molecule has 1 unspecified atom stereocenters. The van der Waals surface area contributed by atoms with Crippen molar-refractivity contribution in [1.82, 2.24) is 10.6 Å². The normalized spacial score (nSPS) is 19.1. The molecule has 5 heteroatoms. The van der Waals surface area contributed by atoms with Crippen molar-refractivity contribution in [3.05, 3.63) is 29.8 Å². The molecule has 18 heavy (non-hydrogen) atoms. The molecule has 1 aromatic rings. The first-order chi connectivity index (χ1) is 8.63. The van der Waals surface area contributed by atoms with E-state index in [-0.39, 0.29) is 17.9 Å². The monoisotopic (exact) mass is 247 g/mol. The first-order valence-electron chi connectivity index (χ1n) is 6.04. The number of nitrogens with one attached hydrogen (secondary N) is 2. The van der Waals surface area contributed by atoms with Gasteiger partial charge in [-0.25, -0.2) is 0 Å². The lowest BCUT2D eigenvalue weighted by Crippen LogP contribution is -2.48. The molecule has 1 atom stereocenters. The van der Waals surface area contributed by atoms with E-state index in [1.54, 1.807) is 12.1 Å². The topological polar surface area (TPSA) is 84.2 Å². The van der Waals surface area contributed by atoms with E-state index in [9.17, 15) is 9.59 Å². The van der Waals surface area contributed by atoms with Gasteiger partial charge in [-0.3, -0.25) is 9.59 Å². The zero-order valence-electron chi connectivity index (χ0n) is 10.1. The number of amides is 2. The summed E-state index contributed by atoms with van der Waals surface area (Å²) in [6, 6.07) is 7.30. The summed E-state index contributed by atoms with van der Waals surface area (Å²) in [5.74, 6) is 0.0277. The van der Waals surface area contributed by atoms with Gasteiger partial charge in [0.1, 0.15) is 0 Å². The van der Waals surface area contributed by atoms with Crippen LogP contribution in [0.25, 0.3) is 0 Å². The van der Waals surface area contributed by atoms with E-state index in [2.05, 4.69) is 10.6 Å². The molecule has 5 nitrogen and oxygen atoms in total. The molecule has 0 spiro atoms. The van der Waals surface area contributed by atoms with Crippen molar-refractivity contribution in [1.29, 1.82) is 0 Å². The molecule has 1 aliphatic heterocycles. The number of hydrogen-bond donors (Lipinski definition) is 3. The van der Waals surface area contributed by atoms with Gasteiger partial charge in [-0.2, -0.15) is 0 Å². The largest absolute Gasteiger partial charge is 0.399 e. The Morgan fingerprint density at radius 1 is 1.39 bits per heavy atom. The Labute approximate surface area is 106 Å². The molecule has 0 aromatic heterocycles. The van der Waals surface area contributed by atoms with Gasteiger partial charge in [-0.15, -0.1) is 0 Å². The fraction of sp³-hybridized carbons (Fsp3) is 0.385. The fourth-order valence-electron chi connectivity index (χ4n) is 1.96. The molecule has 0 saturated carbocycles. The lowest BCUT2D eigenvalue weighted by molar-refractivity contribution is -0.125. The van der Waals surface area contributed by atoms with Crippen molar-refractivity contribution in [2.24, 2.45) is 0 Å². The molecular weight excluding hydrogens is 230 g/mol. The average molecular weight is 247 g/mol. The zero-order chi connectivity index (χ0) is 13.0. The third kappa shape index (κ3) is 3.48. The van der Waals surface area contributed by atoms with Crippen LogP contribution in [0.3, 0.4) is 0 Å². The van der Waals surface area contributed by atoms with Crippen molar-refractivity contribution < 1.29 is 9.59 Å². The number of nitrogen functional groups attached to an aromatic ring is 1. The highest BCUT2D eigenvalue weighted by Crippen LogP contribution is 2.07. The van der Waals surface area contributed by atoms with Crippen LogP contribution in [0.1, 0.15) is 18.4 Å². The number of rotatable bonds is 3. The van der Waals surface area contributed by atoms with Crippen LogP contribution >= 0.6 is 0 Å². The molecule has 0 aliphatic carbocycles. The van der Waals surface area contributed by atoms with E-state index in [0.717, 1.165) is 5.56 Å². The first kappa shape index (κ1) is 12.4. The Morgan fingerprint density at radius 3 is 2.72 bits per heavy atom. The highest BCUT2D eigenvalue weighted by atomic mass is 16.2. The van der Waals surface area contributed by atoms with Crippen LogP contribution in [0.15, 0.2) is 24.3 Å². The van der Waals surface area contributed by atoms with E-state index in [0.29, 0.717) is 31.5 Å². The number of benzene rings is 1. The first-order valence-corrected chi connectivity index (χ1v) is 6.04. The maximum Gasteiger partial charge on any atom is 0.224 e. The summed E-state index contributed by atoms with van der Waals surface area (Å²) in [6.45, 7) is 0.520. The molecule has 96 valence electrons. The Hall–Kier alpha value is -2.04. The van der Waals surface area contributed by atoms with Crippen LogP contribution in [-0.4, -0.2) is 24.4 Å². The van der Waals surface area contributed by atoms with Gasteiger partial charge in [0.15, 0.2) is 0 Å². The average Bonchev–Trinajstić information content (AvgIpc) is 2.35. The number of hydrogen-bond acceptors (Lipinski definition) is 3. The molecule has 1 saturated heterocycles. The van der Waals surface area contributed by atoms with Gasteiger partial charge in [-0.1, -0.05) is 12.1 Å². The second-order valence-corrected chi connectivity index (χ2v) is 4.53. The van der Waals surface area contributed by atoms with Crippen molar-refractivity contribution in [2.75, 3.05) is 12.3 Å². The predicted octanol–water partition coefficient (Wildman–Crippen LogP) is 0.206. The maximum absolute atomic E-state index is 11.8. The van der Waals surface area contributed by atoms with Crippen LogP contribution in [0.5, 0.6) is 0 Å². The molecule has 1 aromatic carbocycles. The predicted molar refractivity (Wildman–Crippen MR) is 68.7 cm³/mol.